The molecule has 0 amide bonds. The summed E-state index contributed by atoms with van der Waals surface area (Å²) in [5.74, 6) is 0.941. The molecule has 0 radical (unpaired) electrons. The van der Waals surface area contributed by atoms with Gasteiger partial charge >= 0.3 is 0 Å². The van der Waals surface area contributed by atoms with Crippen molar-refractivity contribution in [3.8, 4) is 5.75 Å². The Bertz CT molecular complexity index is 819. The molecule has 0 aliphatic rings. The van der Waals surface area contributed by atoms with Crippen LogP contribution in [0.4, 0.5) is 0 Å². The topological polar surface area (TPSA) is 43.3 Å². The first-order chi connectivity index (χ1) is 11.2. The first-order valence-corrected chi connectivity index (χ1v) is 7.60. The fraction of sp³-hybridized carbons (Fsp3) is 0.211. The molecule has 2 aromatic carbocycles. The number of Topliss-reactive ketones (excluding diaryl/α,β-unsaturated/α-hetero) is 1. The molecular formula is C19H20N2O2. The lowest BCUT2D eigenvalue weighted by molar-refractivity contribution is 0.0992. The second-order valence-corrected chi connectivity index (χ2v) is 5.55. The maximum atomic E-state index is 12.5. The fourth-order valence-corrected chi connectivity index (χ4v) is 2.72. The number of ketones is 1. The summed E-state index contributed by atoms with van der Waals surface area (Å²) in [5, 5.41) is 4.22. The molecule has 4 heteroatoms. The maximum Gasteiger partial charge on any atom is 0.178 e. The minimum absolute atomic E-state index is 0.107. The number of hydrogen-bond acceptors (Lipinski definition) is 3. The van der Waals surface area contributed by atoms with Crippen molar-refractivity contribution >= 4 is 16.7 Å². The molecule has 0 saturated carbocycles. The molecule has 1 heterocycles. The summed E-state index contributed by atoms with van der Waals surface area (Å²) in [4.78, 5) is 12.5. The summed E-state index contributed by atoms with van der Waals surface area (Å²) in [7, 11) is 3.61. The Morgan fingerprint density at radius 1 is 1.13 bits per heavy atom. The zero-order valence-electron chi connectivity index (χ0n) is 13.4. The van der Waals surface area contributed by atoms with E-state index < -0.39 is 0 Å². The van der Waals surface area contributed by atoms with Crippen molar-refractivity contribution in [3.05, 3.63) is 65.9 Å². The van der Waals surface area contributed by atoms with E-state index in [0.29, 0.717) is 13.1 Å². The molecule has 0 aliphatic heterocycles. The van der Waals surface area contributed by atoms with Gasteiger partial charge in [0, 0.05) is 36.3 Å². The molecule has 0 unspecified atom stereocenters. The number of para-hydroxylation sites is 1. The molecule has 4 nitrogen and oxygen atoms in total. The van der Waals surface area contributed by atoms with Crippen LogP contribution in [-0.4, -0.2) is 24.0 Å². The summed E-state index contributed by atoms with van der Waals surface area (Å²) in [6.45, 7) is 0.973. The van der Waals surface area contributed by atoms with E-state index >= 15 is 0 Å². The number of hydrogen-bond donors (Lipinski definition) is 1. The van der Waals surface area contributed by atoms with Crippen LogP contribution in [-0.2, 0) is 13.6 Å². The highest BCUT2D eigenvalue weighted by Crippen LogP contribution is 2.20. The molecule has 0 saturated heterocycles. The molecule has 0 atom stereocenters. The molecule has 3 rings (SSSR count). The van der Waals surface area contributed by atoms with Crippen LogP contribution >= 0.6 is 0 Å². The van der Waals surface area contributed by atoms with Crippen molar-refractivity contribution in [2.24, 2.45) is 7.05 Å². The van der Waals surface area contributed by atoms with Crippen LogP contribution in [0.2, 0.25) is 0 Å². The van der Waals surface area contributed by atoms with Gasteiger partial charge in [-0.05, 0) is 23.8 Å². The zero-order valence-corrected chi connectivity index (χ0v) is 13.4. The van der Waals surface area contributed by atoms with Crippen molar-refractivity contribution in [1.29, 1.82) is 0 Å². The average molecular weight is 308 g/mol. The highest BCUT2D eigenvalue weighted by atomic mass is 16.5. The Morgan fingerprint density at radius 2 is 1.87 bits per heavy atom. The normalized spacial score (nSPS) is 10.9. The summed E-state index contributed by atoms with van der Waals surface area (Å²) in [6.07, 6.45) is 1.90. The molecule has 0 aliphatic carbocycles. The van der Waals surface area contributed by atoms with Crippen LogP contribution in [0.5, 0.6) is 5.75 Å². The average Bonchev–Trinajstić information content (AvgIpc) is 2.93. The maximum absolute atomic E-state index is 12.5. The lowest BCUT2D eigenvalue weighted by Crippen LogP contribution is -2.22. The van der Waals surface area contributed by atoms with E-state index in [2.05, 4.69) is 5.32 Å². The number of ether oxygens (including phenoxy) is 1. The number of aromatic nitrogens is 1. The van der Waals surface area contributed by atoms with E-state index in [-0.39, 0.29) is 5.78 Å². The van der Waals surface area contributed by atoms with E-state index in [0.717, 1.165) is 27.8 Å². The van der Waals surface area contributed by atoms with Crippen LogP contribution in [0.15, 0.2) is 54.7 Å². The number of rotatable bonds is 6. The number of methoxy groups -OCH3 is 1. The summed E-state index contributed by atoms with van der Waals surface area (Å²) in [5.41, 5.74) is 2.97. The van der Waals surface area contributed by atoms with Gasteiger partial charge in [-0.1, -0.05) is 30.3 Å². The Labute approximate surface area is 135 Å². The SMILES string of the molecule is COc1ccc(CNCC(=O)c2cn(C)c3ccccc23)cc1. The number of carbonyl (C=O) groups excluding carboxylic acids is 1. The molecule has 1 aromatic heterocycles. The first kappa shape index (κ1) is 15.3. The Morgan fingerprint density at radius 3 is 2.61 bits per heavy atom. The smallest absolute Gasteiger partial charge is 0.178 e. The lowest BCUT2D eigenvalue weighted by Gasteiger charge is -2.05. The minimum atomic E-state index is 0.107. The van der Waals surface area contributed by atoms with Gasteiger partial charge in [-0.2, -0.15) is 0 Å². The molecule has 0 bridgehead atoms. The monoisotopic (exact) mass is 308 g/mol. The number of aryl methyl sites for hydroxylation is 1. The predicted molar refractivity (Wildman–Crippen MR) is 92.0 cm³/mol. The van der Waals surface area contributed by atoms with Crippen molar-refractivity contribution in [1.82, 2.24) is 9.88 Å². The molecule has 1 N–H and O–H groups in total. The van der Waals surface area contributed by atoms with E-state index in [1.807, 2.05) is 66.3 Å². The van der Waals surface area contributed by atoms with E-state index in [1.165, 1.54) is 0 Å². The van der Waals surface area contributed by atoms with E-state index in [1.54, 1.807) is 7.11 Å². The number of benzene rings is 2. The van der Waals surface area contributed by atoms with Crippen LogP contribution in [0.1, 0.15) is 15.9 Å². The highest BCUT2D eigenvalue weighted by molar-refractivity contribution is 6.09. The molecule has 3 aromatic rings. The third kappa shape index (κ3) is 3.27. The van der Waals surface area contributed by atoms with E-state index in [4.69, 9.17) is 4.74 Å². The molecule has 0 spiro atoms. The van der Waals surface area contributed by atoms with Crippen LogP contribution in [0.25, 0.3) is 10.9 Å². The number of nitrogens with zero attached hydrogens (tertiary/aromatic N) is 1. The van der Waals surface area contributed by atoms with Gasteiger partial charge in [-0.25, -0.2) is 0 Å². The number of nitrogens with one attached hydrogen (secondary N) is 1. The largest absolute Gasteiger partial charge is 0.497 e. The van der Waals surface area contributed by atoms with E-state index in [9.17, 15) is 4.79 Å². The summed E-state index contributed by atoms with van der Waals surface area (Å²) in [6, 6.07) is 15.8. The second-order valence-electron chi connectivity index (χ2n) is 5.55. The third-order valence-electron chi connectivity index (χ3n) is 3.97. The van der Waals surface area contributed by atoms with Gasteiger partial charge in [0.2, 0.25) is 0 Å². The van der Waals surface area contributed by atoms with Crippen molar-refractivity contribution in [2.75, 3.05) is 13.7 Å². The Balaban J connectivity index is 1.64. The van der Waals surface area contributed by atoms with Crippen LogP contribution < -0.4 is 10.1 Å². The fourth-order valence-electron chi connectivity index (χ4n) is 2.72. The summed E-state index contributed by atoms with van der Waals surface area (Å²) < 4.78 is 7.13. The van der Waals surface area contributed by atoms with Gasteiger partial charge in [-0.15, -0.1) is 0 Å². The van der Waals surface area contributed by atoms with Gasteiger partial charge in [0.15, 0.2) is 5.78 Å². The van der Waals surface area contributed by atoms with Crippen molar-refractivity contribution < 1.29 is 9.53 Å². The molecule has 118 valence electrons. The molecular weight excluding hydrogens is 288 g/mol. The summed E-state index contributed by atoms with van der Waals surface area (Å²) >= 11 is 0. The predicted octanol–water partition coefficient (Wildman–Crippen LogP) is 3.16. The number of fused-ring (bicyclic) bond motifs is 1. The van der Waals surface area contributed by atoms with Crippen molar-refractivity contribution in [3.63, 3.8) is 0 Å². The second kappa shape index (κ2) is 6.67. The molecule has 0 fully saturated rings. The quantitative estimate of drug-likeness (QED) is 0.711. The zero-order chi connectivity index (χ0) is 16.2. The first-order valence-electron chi connectivity index (χ1n) is 7.60. The Kier molecular flexibility index (Phi) is 4.44. The highest BCUT2D eigenvalue weighted by Gasteiger charge is 2.12. The minimum Gasteiger partial charge on any atom is -0.497 e. The van der Waals surface area contributed by atoms with Gasteiger partial charge in [0.1, 0.15) is 5.75 Å². The van der Waals surface area contributed by atoms with Crippen molar-refractivity contribution in [2.45, 2.75) is 6.54 Å². The van der Waals surface area contributed by atoms with Gasteiger partial charge < -0.3 is 14.6 Å². The number of carbonyl (C=O) groups is 1. The molecule has 23 heavy (non-hydrogen) atoms. The van der Waals surface area contributed by atoms with Crippen LogP contribution in [0.3, 0.4) is 0 Å². The van der Waals surface area contributed by atoms with Gasteiger partial charge in [0.25, 0.3) is 0 Å². The van der Waals surface area contributed by atoms with Gasteiger partial charge in [-0.3, -0.25) is 4.79 Å². The van der Waals surface area contributed by atoms with Crippen LogP contribution in [0, 0.1) is 0 Å². The third-order valence-corrected chi connectivity index (χ3v) is 3.97. The Hall–Kier alpha value is -2.59. The van der Waals surface area contributed by atoms with Gasteiger partial charge in [0.05, 0.1) is 13.7 Å². The standard InChI is InChI=1S/C19H20N2O2/c1-21-13-17(16-5-3-4-6-18(16)21)19(22)12-20-11-14-7-9-15(23-2)10-8-14/h3-10,13,20H,11-12H2,1-2H3. The lowest BCUT2D eigenvalue weighted by atomic mass is 10.1.